The van der Waals surface area contributed by atoms with E-state index in [-0.39, 0.29) is 18.0 Å². The number of fused-ring (bicyclic) bond motifs is 1. The number of anilines is 1. The van der Waals surface area contributed by atoms with Crippen molar-refractivity contribution >= 4 is 38.3 Å². The van der Waals surface area contributed by atoms with E-state index in [1.165, 1.54) is 23.5 Å². The molecule has 1 amide bonds. The Morgan fingerprint density at radius 2 is 1.72 bits per heavy atom. The van der Waals surface area contributed by atoms with Gasteiger partial charge in [-0.15, -0.1) is 0 Å². The minimum Gasteiger partial charge on any atom is -0.495 e. The summed E-state index contributed by atoms with van der Waals surface area (Å²) in [6.45, 7) is 1.31. The van der Waals surface area contributed by atoms with E-state index >= 15 is 0 Å². The minimum atomic E-state index is -0.457. The molecule has 0 aliphatic carbocycles. The number of ether oxygens (including phenoxy) is 2. The first kappa shape index (κ1) is 23.4. The Balaban J connectivity index is 1.92. The maximum Gasteiger partial charge on any atom is 0.269 e. The van der Waals surface area contributed by atoms with E-state index in [0.717, 1.165) is 17.7 Å². The van der Waals surface area contributed by atoms with Crippen LogP contribution in [-0.2, 0) is 11.2 Å². The van der Waals surface area contributed by atoms with Crippen LogP contribution in [0.25, 0.3) is 10.2 Å². The lowest BCUT2D eigenvalue weighted by atomic mass is 10.1. The summed E-state index contributed by atoms with van der Waals surface area (Å²) in [7, 11) is 7.14. The second-order valence-electron chi connectivity index (χ2n) is 7.45. The topological polar surface area (TPSA) is 98.0 Å². The summed E-state index contributed by atoms with van der Waals surface area (Å²) in [5.74, 6) is 1.15. The van der Waals surface area contributed by atoms with E-state index in [9.17, 15) is 14.9 Å². The quantitative estimate of drug-likeness (QED) is 0.337. The average molecular weight is 459 g/mol. The third kappa shape index (κ3) is 5.32. The fraction of sp³-hybridized carbons (Fsp3) is 0.364. The molecule has 0 unspecified atom stereocenters. The molecule has 170 valence electrons. The number of hydrogen-bond donors (Lipinski definition) is 0. The van der Waals surface area contributed by atoms with Gasteiger partial charge in [-0.05, 0) is 44.8 Å². The van der Waals surface area contributed by atoms with Crippen molar-refractivity contribution in [2.45, 2.75) is 12.8 Å². The molecule has 3 aromatic rings. The molecule has 0 atom stereocenters. The number of carbonyl (C=O) groups excluding carboxylic acids is 1. The highest BCUT2D eigenvalue weighted by molar-refractivity contribution is 7.22. The van der Waals surface area contributed by atoms with E-state index in [0.29, 0.717) is 34.3 Å². The number of aromatic nitrogens is 1. The van der Waals surface area contributed by atoms with Crippen LogP contribution in [0.1, 0.15) is 12.0 Å². The number of hydrogen-bond acceptors (Lipinski definition) is 8. The molecule has 2 aromatic carbocycles. The van der Waals surface area contributed by atoms with Crippen LogP contribution >= 0.6 is 11.3 Å². The van der Waals surface area contributed by atoms with Crippen molar-refractivity contribution in [2.75, 3.05) is 46.3 Å². The zero-order chi connectivity index (χ0) is 23.3. The van der Waals surface area contributed by atoms with E-state index in [1.807, 2.05) is 20.2 Å². The maximum atomic E-state index is 13.3. The molecule has 0 N–H and O–H groups in total. The molecular weight excluding hydrogens is 432 g/mol. The van der Waals surface area contributed by atoms with Gasteiger partial charge in [0.25, 0.3) is 5.69 Å². The van der Waals surface area contributed by atoms with E-state index in [1.54, 1.807) is 37.3 Å². The monoisotopic (exact) mass is 458 g/mol. The number of benzene rings is 2. The molecule has 0 fully saturated rings. The molecule has 0 bridgehead atoms. The van der Waals surface area contributed by atoms with Gasteiger partial charge in [0, 0.05) is 18.7 Å². The summed E-state index contributed by atoms with van der Waals surface area (Å²) in [6.07, 6.45) is 0.882. The summed E-state index contributed by atoms with van der Waals surface area (Å²) >= 11 is 1.38. The molecule has 0 spiro atoms. The standard InChI is InChI=1S/C22H26N4O5S/c1-24(2)12-5-13-25(19(27)14-15-6-8-16(9-7-15)26(28)29)22-23-20-17(30-3)10-11-18(31-4)21(20)32-22/h6-11H,5,12-14H2,1-4H3. The minimum absolute atomic E-state index is 0.00518. The van der Waals surface area contributed by atoms with Crippen LogP contribution in [0.5, 0.6) is 11.5 Å². The van der Waals surface area contributed by atoms with E-state index in [4.69, 9.17) is 14.5 Å². The Morgan fingerprint density at radius 3 is 2.31 bits per heavy atom. The molecule has 32 heavy (non-hydrogen) atoms. The lowest BCUT2D eigenvalue weighted by Crippen LogP contribution is -2.34. The number of nitro groups is 1. The Labute approximate surface area is 190 Å². The summed E-state index contributed by atoms with van der Waals surface area (Å²) in [5, 5.41) is 11.5. The van der Waals surface area contributed by atoms with Crippen LogP contribution in [0.4, 0.5) is 10.8 Å². The zero-order valence-corrected chi connectivity index (χ0v) is 19.3. The number of nitrogens with zero attached hydrogens (tertiary/aromatic N) is 4. The predicted octanol–water partition coefficient (Wildman–Crippen LogP) is 3.75. The second kappa shape index (κ2) is 10.4. The normalized spacial score (nSPS) is 11.0. The molecule has 0 aliphatic rings. The van der Waals surface area contributed by atoms with Crippen molar-refractivity contribution in [2.24, 2.45) is 0 Å². The van der Waals surface area contributed by atoms with Gasteiger partial charge < -0.3 is 14.4 Å². The smallest absolute Gasteiger partial charge is 0.269 e. The van der Waals surface area contributed by atoms with Gasteiger partial charge in [-0.1, -0.05) is 23.5 Å². The Hall–Kier alpha value is -3.24. The van der Waals surface area contributed by atoms with Crippen molar-refractivity contribution in [1.29, 1.82) is 0 Å². The third-order valence-electron chi connectivity index (χ3n) is 4.92. The average Bonchev–Trinajstić information content (AvgIpc) is 3.21. The summed E-state index contributed by atoms with van der Waals surface area (Å²) in [4.78, 5) is 32.1. The van der Waals surface area contributed by atoms with Crippen LogP contribution in [0.3, 0.4) is 0 Å². The van der Waals surface area contributed by atoms with Gasteiger partial charge in [-0.2, -0.15) is 0 Å². The molecule has 1 aromatic heterocycles. The fourth-order valence-electron chi connectivity index (χ4n) is 3.27. The molecular formula is C22H26N4O5S. The predicted molar refractivity (Wildman–Crippen MR) is 125 cm³/mol. The first-order valence-electron chi connectivity index (χ1n) is 10.0. The van der Waals surface area contributed by atoms with Gasteiger partial charge in [0.2, 0.25) is 5.91 Å². The number of rotatable bonds is 10. The van der Waals surface area contributed by atoms with Crippen molar-refractivity contribution in [3.05, 3.63) is 52.1 Å². The Morgan fingerprint density at radius 1 is 1.06 bits per heavy atom. The molecule has 0 radical (unpaired) electrons. The van der Waals surface area contributed by atoms with Crippen molar-refractivity contribution in [1.82, 2.24) is 9.88 Å². The zero-order valence-electron chi connectivity index (χ0n) is 18.5. The highest BCUT2D eigenvalue weighted by atomic mass is 32.1. The number of carbonyl (C=O) groups is 1. The van der Waals surface area contributed by atoms with Crippen LogP contribution in [0, 0.1) is 10.1 Å². The van der Waals surface area contributed by atoms with Gasteiger partial charge >= 0.3 is 0 Å². The van der Waals surface area contributed by atoms with Gasteiger partial charge in [-0.3, -0.25) is 19.8 Å². The lowest BCUT2D eigenvalue weighted by molar-refractivity contribution is -0.384. The largest absolute Gasteiger partial charge is 0.495 e. The van der Waals surface area contributed by atoms with E-state index < -0.39 is 4.92 Å². The highest BCUT2D eigenvalue weighted by Crippen LogP contribution is 2.40. The van der Waals surface area contributed by atoms with Crippen molar-refractivity contribution < 1.29 is 19.2 Å². The van der Waals surface area contributed by atoms with Gasteiger partial charge in [0.1, 0.15) is 21.7 Å². The second-order valence-corrected chi connectivity index (χ2v) is 8.42. The number of amides is 1. The van der Waals surface area contributed by atoms with Crippen LogP contribution < -0.4 is 14.4 Å². The maximum absolute atomic E-state index is 13.3. The molecule has 10 heteroatoms. The Kier molecular flexibility index (Phi) is 7.60. The summed E-state index contributed by atoms with van der Waals surface area (Å²) in [5.41, 5.74) is 1.34. The summed E-state index contributed by atoms with van der Waals surface area (Å²) in [6, 6.07) is 9.65. The lowest BCUT2D eigenvalue weighted by Gasteiger charge is -2.21. The number of methoxy groups -OCH3 is 2. The van der Waals surface area contributed by atoms with E-state index in [2.05, 4.69) is 4.90 Å². The molecule has 9 nitrogen and oxygen atoms in total. The van der Waals surface area contributed by atoms with Gasteiger partial charge in [-0.25, -0.2) is 4.98 Å². The molecule has 3 rings (SSSR count). The number of thiazole rings is 1. The molecule has 1 heterocycles. The van der Waals surface area contributed by atoms with Gasteiger partial charge in [0.05, 0.1) is 25.6 Å². The molecule has 0 saturated heterocycles. The van der Waals surface area contributed by atoms with Crippen molar-refractivity contribution in [3.63, 3.8) is 0 Å². The highest BCUT2D eigenvalue weighted by Gasteiger charge is 2.23. The first-order chi connectivity index (χ1) is 15.3. The fourth-order valence-corrected chi connectivity index (χ4v) is 4.39. The van der Waals surface area contributed by atoms with Crippen LogP contribution in [0.2, 0.25) is 0 Å². The first-order valence-corrected chi connectivity index (χ1v) is 10.9. The number of non-ortho nitro benzene ring substituents is 1. The third-order valence-corrected chi connectivity index (χ3v) is 6.01. The van der Waals surface area contributed by atoms with Gasteiger partial charge in [0.15, 0.2) is 5.13 Å². The molecule has 0 saturated carbocycles. The Bertz CT molecular complexity index is 1060. The number of nitro benzene ring substituents is 1. The van der Waals surface area contributed by atoms with Crippen LogP contribution in [-0.4, -0.2) is 62.1 Å². The van der Waals surface area contributed by atoms with Crippen LogP contribution in [0.15, 0.2) is 36.4 Å². The van der Waals surface area contributed by atoms with Crippen molar-refractivity contribution in [3.8, 4) is 11.5 Å². The molecule has 0 aliphatic heterocycles. The summed E-state index contributed by atoms with van der Waals surface area (Å²) < 4.78 is 11.7. The SMILES string of the molecule is COc1ccc(OC)c2sc(N(CCCN(C)C)C(=O)Cc3ccc([N+](=O)[O-])cc3)nc12.